The van der Waals surface area contributed by atoms with Crippen LogP contribution in [0, 0.1) is 11.3 Å². The Hall–Kier alpha value is -2.02. The quantitative estimate of drug-likeness (QED) is 0.816. The van der Waals surface area contributed by atoms with Gasteiger partial charge < -0.3 is 9.64 Å². The number of hydrogen-bond acceptors (Lipinski definition) is 3. The number of ether oxygens (including phenoxy) is 1. The van der Waals surface area contributed by atoms with Crippen LogP contribution in [0.15, 0.2) is 24.3 Å². The number of benzene rings is 1. The van der Waals surface area contributed by atoms with Crippen molar-refractivity contribution in [1.29, 1.82) is 5.26 Å². The maximum Gasteiger partial charge on any atom is 0.263 e. The van der Waals surface area contributed by atoms with Crippen molar-refractivity contribution in [3.63, 3.8) is 0 Å². The lowest BCUT2D eigenvalue weighted by Crippen LogP contribution is -2.38. The first-order valence-corrected chi connectivity index (χ1v) is 6.16. The van der Waals surface area contributed by atoms with Crippen molar-refractivity contribution >= 4 is 5.91 Å². The van der Waals surface area contributed by atoms with Crippen molar-refractivity contribution in [2.45, 2.75) is 25.9 Å². The molecule has 0 aromatic heterocycles. The van der Waals surface area contributed by atoms with Crippen LogP contribution in [0.5, 0.6) is 5.75 Å². The highest BCUT2D eigenvalue weighted by Crippen LogP contribution is 2.16. The maximum atomic E-state index is 12.0. The number of carbonyl (C=O) groups is 1. The highest BCUT2D eigenvalue weighted by Gasteiger charge is 2.24. The Labute approximate surface area is 107 Å². The summed E-state index contributed by atoms with van der Waals surface area (Å²) in [5.41, 5.74) is 0.535. The lowest BCUT2D eigenvalue weighted by atomic mass is 10.2. The Kier molecular flexibility index (Phi) is 3.83. The van der Waals surface area contributed by atoms with Gasteiger partial charge in [0.15, 0.2) is 6.10 Å². The Morgan fingerprint density at radius 2 is 2.17 bits per heavy atom. The van der Waals surface area contributed by atoms with Gasteiger partial charge in [0.1, 0.15) is 5.75 Å². The highest BCUT2D eigenvalue weighted by molar-refractivity contribution is 5.81. The first-order valence-electron chi connectivity index (χ1n) is 6.16. The van der Waals surface area contributed by atoms with Gasteiger partial charge in [0.05, 0.1) is 11.6 Å². The van der Waals surface area contributed by atoms with E-state index in [0.717, 1.165) is 25.9 Å². The van der Waals surface area contributed by atoms with Crippen molar-refractivity contribution in [3.8, 4) is 11.8 Å². The van der Waals surface area contributed by atoms with Crippen molar-refractivity contribution in [2.75, 3.05) is 13.1 Å². The number of rotatable bonds is 3. The van der Waals surface area contributed by atoms with E-state index in [0.29, 0.717) is 11.3 Å². The van der Waals surface area contributed by atoms with Gasteiger partial charge in [-0.3, -0.25) is 4.79 Å². The third kappa shape index (κ3) is 2.80. The molecule has 4 heteroatoms. The van der Waals surface area contributed by atoms with Crippen LogP contribution in [0.4, 0.5) is 0 Å². The van der Waals surface area contributed by atoms with Crippen LogP contribution in [0.3, 0.4) is 0 Å². The molecule has 0 bridgehead atoms. The molecule has 0 spiro atoms. The molecular weight excluding hydrogens is 228 g/mol. The maximum absolute atomic E-state index is 12.0. The summed E-state index contributed by atoms with van der Waals surface area (Å²) in [6, 6.07) is 8.91. The summed E-state index contributed by atoms with van der Waals surface area (Å²) < 4.78 is 5.59. The summed E-state index contributed by atoms with van der Waals surface area (Å²) in [5.74, 6) is 0.587. The second-order valence-corrected chi connectivity index (χ2v) is 4.43. The van der Waals surface area contributed by atoms with Gasteiger partial charge in [0.2, 0.25) is 0 Å². The standard InChI is InChI=1S/C14H16N2O2/c1-11(14(17)16-7-2-3-8-16)18-13-6-4-5-12(9-13)10-15/h4-6,9,11H,2-3,7-8H2,1H3. The summed E-state index contributed by atoms with van der Waals surface area (Å²) in [6.45, 7) is 3.40. The fourth-order valence-electron chi connectivity index (χ4n) is 2.09. The predicted molar refractivity (Wildman–Crippen MR) is 67.1 cm³/mol. The van der Waals surface area contributed by atoms with Gasteiger partial charge in [0.25, 0.3) is 5.91 Å². The van der Waals surface area contributed by atoms with E-state index < -0.39 is 6.10 Å². The lowest BCUT2D eigenvalue weighted by molar-refractivity contribution is -0.136. The molecule has 1 atom stereocenters. The summed E-state index contributed by atoms with van der Waals surface area (Å²) in [7, 11) is 0. The molecule has 1 aromatic carbocycles. The van der Waals surface area contributed by atoms with Crippen LogP contribution >= 0.6 is 0 Å². The Morgan fingerprint density at radius 1 is 1.44 bits per heavy atom. The van der Waals surface area contributed by atoms with Crippen LogP contribution in [0.2, 0.25) is 0 Å². The summed E-state index contributed by atoms with van der Waals surface area (Å²) in [5, 5.41) is 8.80. The average Bonchev–Trinajstić information content (AvgIpc) is 2.92. The van der Waals surface area contributed by atoms with Gasteiger partial charge in [-0.15, -0.1) is 0 Å². The fraction of sp³-hybridized carbons (Fsp3) is 0.429. The number of hydrogen-bond donors (Lipinski definition) is 0. The van der Waals surface area contributed by atoms with Crippen LogP contribution in [-0.2, 0) is 4.79 Å². The zero-order valence-electron chi connectivity index (χ0n) is 10.4. The molecule has 1 aliphatic heterocycles. The van der Waals surface area contributed by atoms with Crippen molar-refractivity contribution in [1.82, 2.24) is 4.90 Å². The topological polar surface area (TPSA) is 53.3 Å². The molecule has 0 N–H and O–H groups in total. The van der Waals surface area contributed by atoms with E-state index in [2.05, 4.69) is 0 Å². The van der Waals surface area contributed by atoms with Crippen LogP contribution < -0.4 is 4.74 Å². The SMILES string of the molecule is CC(Oc1cccc(C#N)c1)C(=O)N1CCCC1. The molecule has 2 rings (SSSR count). The highest BCUT2D eigenvalue weighted by atomic mass is 16.5. The molecule has 1 unspecified atom stereocenters. The smallest absolute Gasteiger partial charge is 0.263 e. The average molecular weight is 244 g/mol. The van der Waals surface area contributed by atoms with Crippen molar-refractivity contribution in [2.24, 2.45) is 0 Å². The molecule has 1 aromatic rings. The summed E-state index contributed by atoms with van der Waals surface area (Å²) >= 11 is 0. The minimum atomic E-state index is -0.503. The predicted octanol–water partition coefficient (Wildman–Crippen LogP) is 1.95. The lowest BCUT2D eigenvalue weighted by Gasteiger charge is -2.21. The number of carbonyl (C=O) groups excluding carboxylic acids is 1. The molecule has 0 radical (unpaired) electrons. The van der Waals surface area contributed by atoms with Crippen LogP contribution in [0.1, 0.15) is 25.3 Å². The van der Waals surface area contributed by atoms with E-state index in [9.17, 15) is 4.79 Å². The van der Waals surface area contributed by atoms with Gasteiger partial charge >= 0.3 is 0 Å². The molecule has 94 valence electrons. The first kappa shape index (κ1) is 12.4. The summed E-state index contributed by atoms with van der Waals surface area (Å²) in [6.07, 6.45) is 1.64. The Morgan fingerprint density at radius 3 is 2.83 bits per heavy atom. The van der Waals surface area contributed by atoms with E-state index >= 15 is 0 Å². The number of nitrogens with zero attached hydrogens (tertiary/aromatic N) is 2. The second kappa shape index (κ2) is 5.54. The molecule has 18 heavy (non-hydrogen) atoms. The number of likely N-dealkylation sites (tertiary alicyclic amines) is 1. The largest absolute Gasteiger partial charge is 0.481 e. The minimum Gasteiger partial charge on any atom is -0.481 e. The van der Waals surface area contributed by atoms with Crippen LogP contribution in [-0.4, -0.2) is 30.0 Å². The molecule has 1 saturated heterocycles. The first-order chi connectivity index (χ1) is 8.70. The molecule has 1 aliphatic rings. The van der Waals surface area contributed by atoms with Gasteiger partial charge in [-0.2, -0.15) is 5.26 Å². The van der Waals surface area contributed by atoms with Gasteiger partial charge in [0, 0.05) is 13.1 Å². The summed E-state index contributed by atoms with van der Waals surface area (Å²) in [4.78, 5) is 13.9. The molecule has 1 fully saturated rings. The molecule has 4 nitrogen and oxygen atoms in total. The van der Waals surface area contributed by atoms with Gasteiger partial charge in [-0.25, -0.2) is 0 Å². The van der Waals surface area contributed by atoms with Gasteiger partial charge in [-0.1, -0.05) is 6.07 Å². The van der Waals surface area contributed by atoms with E-state index in [1.54, 1.807) is 31.2 Å². The van der Waals surface area contributed by atoms with Crippen molar-refractivity contribution < 1.29 is 9.53 Å². The van der Waals surface area contributed by atoms with E-state index in [1.165, 1.54) is 0 Å². The molecule has 0 saturated carbocycles. The Balaban J connectivity index is 1.99. The molecule has 1 heterocycles. The molecule has 1 amide bonds. The number of amides is 1. The normalized spacial score (nSPS) is 16.1. The molecule has 0 aliphatic carbocycles. The van der Waals surface area contributed by atoms with E-state index in [1.807, 2.05) is 11.0 Å². The molecular formula is C14H16N2O2. The third-order valence-electron chi connectivity index (χ3n) is 3.04. The number of nitriles is 1. The second-order valence-electron chi connectivity index (χ2n) is 4.43. The Bertz CT molecular complexity index is 473. The van der Waals surface area contributed by atoms with E-state index in [4.69, 9.17) is 10.00 Å². The van der Waals surface area contributed by atoms with E-state index in [-0.39, 0.29) is 5.91 Å². The van der Waals surface area contributed by atoms with Crippen molar-refractivity contribution in [3.05, 3.63) is 29.8 Å². The van der Waals surface area contributed by atoms with Gasteiger partial charge in [-0.05, 0) is 38.0 Å². The zero-order valence-corrected chi connectivity index (χ0v) is 10.4. The van der Waals surface area contributed by atoms with Crippen LogP contribution in [0.25, 0.3) is 0 Å². The fourth-order valence-corrected chi connectivity index (χ4v) is 2.09. The third-order valence-corrected chi connectivity index (χ3v) is 3.04. The minimum absolute atomic E-state index is 0.0230. The monoisotopic (exact) mass is 244 g/mol. The zero-order chi connectivity index (χ0) is 13.0.